The Kier molecular flexibility index (Phi) is 5.22. The Morgan fingerprint density at radius 2 is 1.93 bits per heavy atom. The van der Waals surface area contributed by atoms with E-state index in [1.807, 2.05) is 49.4 Å². The van der Waals surface area contributed by atoms with E-state index < -0.39 is 0 Å². The molecule has 0 aliphatic heterocycles. The number of hydrogen-bond donors (Lipinski definition) is 1. The van der Waals surface area contributed by atoms with E-state index >= 15 is 0 Å². The SMILES string of the molecule is COc1ccc(OC)c([C@H](C)NC(=O)c2ccc(-c3nc4ccccc4s3)o2)c1. The van der Waals surface area contributed by atoms with Gasteiger partial charge in [0, 0.05) is 5.56 Å². The summed E-state index contributed by atoms with van der Waals surface area (Å²) < 4.78 is 17.5. The van der Waals surface area contributed by atoms with Gasteiger partial charge < -0.3 is 19.2 Å². The highest BCUT2D eigenvalue weighted by atomic mass is 32.1. The lowest BCUT2D eigenvalue weighted by Crippen LogP contribution is -2.26. The molecule has 0 fully saturated rings. The Morgan fingerprint density at radius 1 is 1.10 bits per heavy atom. The van der Waals surface area contributed by atoms with Crippen LogP contribution in [0, 0.1) is 0 Å². The molecule has 0 unspecified atom stereocenters. The Bertz CT molecular complexity index is 1130. The van der Waals surface area contributed by atoms with Crippen molar-refractivity contribution in [2.75, 3.05) is 14.2 Å². The van der Waals surface area contributed by atoms with Crippen LogP contribution in [0.15, 0.2) is 59.0 Å². The number of aromatic nitrogens is 1. The second-order valence-corrected chi connectivity index (χ2v) is 7.48. The van der Waals surface area contributed by atoms with Crippen molar-refractivity contribution < 1.29 is 18.7 Å². The molecule has 7 heteroatoms. The number of benzene rings is 2. The third-order valence-electron chi connectivity index (χ3n) is 4.59. The summed E-state index contributed by atoms with van der Waals surface area (Å²) in [5.41, 5.74) is 1.73. The molecule has 2 heterocycles. The van der Waals surface area contributed by atoms with E-state index in [2.05, 4.69) is 10.3 Å². The maximum absolute atomic E-state index is 12.7. The Morgan fingerprint density at radius 3 is 2.69 bits per heavy atom. The summed E-state index contributed by atoms with van der Waals surface area (Å²) >= 11 is 1.53. The van der Waals surface area contributed by atoms with Gasteiger partial charge in [-0.25, -0.2) is 4.98 Å². The molecule has 0 saturated carbocycles. The first-order valence-corrected chi connectivity index (χ1v) is 9.89. The average Bonchev–Trinajstić information content (AvgIpc) is 3.40. The zero-order chi connectivity index (χ0) is 20.4. The van der Waals surface area contributed by atoms with Gasteiger partial charge in [0.25, 0.3) is 5.91 Å². The quantitative estimate of drug-likeness (QED) is 0.482. The normalized spacial score (nSPS) is 12.0. The molecule has 0 aliphatic rings. The predicted molar refractivity (Wildman–Crippen MR) is 113 cm³/mol. The van der Waals surface area contributed by atoms with Gasteiger partial charge >= 0.3 is 0 Å². The number of furan rings is 1. The van der Waals surface area contributed by atoms with Crippen LogP contribution in [0.5, 0.6) is 11.5 Å². The lowest BCUT2D eigenvalue weighted by Gasteiger charge is -2.17. The number of rotatable bonds is 6. The van der Waals surface area contributed by atoms with Gasteiger partial charge in [-0.3, -0.25) is 4.79 Å². The molecular formula is C22H20N2O4S. The monoisotopic (exact) mass is 408 g/mol. The van der Waals surface area contributed by atoms with Crippen molar-refractivity contribution in [3.8, 4) is 22.3 Å². The Balaban J connectivity index is 1.53. The predicted octanol–water partition coefficient (Wildman–Crippen LogP) is 5.06. The van der Waals surface area contributed by atoms with Gasteiger partial charge in [0.15, 0.2) is 16.5 Å². The molecule has 2 aromatic carbocycles. The molecule has 1 atom stereocenters. The molecule has 2 aromatic heterocycles. The minimum Gasteiger partial charge on any atom is -0.497 e. The smallest absolute Gasteiger partial charge is 0.287 e. The molecule has 1 amide bonds. The number of thiazole rings is 1. The molecule has 0 bridgehead atoms. The first kappa shape index (κ1) is 19.0. The van der Waals surface area contributed by atoms with Crippen LogP contribution in [0.25, 0.3) is 21.0 Å². The first-order valence-electron chi connectivity index (χ1n) is 9.07. The van der Waals surface area contributed by atoms with Crippen molar-refractivity contribution in [1.82, 2.24) is 10.3 Å². The summed E-state index contributed by atoms with van der Waals surface area (Å²) in [6.45, 7) is 1.88. The summed E-state index contributed by atoms with van der Waals surface area (Å²) in [5, 5.41) is 3.69. The largest absolute Gasteiger partial charge is 0.497 e. The van der Waals surface area contributed by atoms with E-state index in [1.165, 1.54) is 11.3 Å². The number of fused-ring (bicyclic) bond motifs is 1. The van der Waals surface area contributed by atoms with Gasteiger partial charge in [-0.15, -0.1) is 11.3 Å². The van der Waals surface area contributed by atoms with Gasteiger partial charge in [0.05, 0.1) is 30.5 Å². The molecular weight excluding hydrogens is 388 g/mol. The van der Waals surface area contributed by atoms with Crippen molar-refractivity contribution in [2.24, 2.45) is 0 Å². The van der Waals surface area contributed by atoms with Gasteiger partial charge in [0.2, 0.25) is 0 Å². The molecule has 4 aromatic rings. The maximum Gasteiger partial charge on any atom is 0.287 e. The molecule has 0 aliphatic carbocycles. The number of amides is 1. The number of para-hydroxylation sites is 1. The standard InChI is InChI=1S/C22H20N2O4S/c1-13(15-12-14(26-2)8-9-17(15)27-3)23-21(25)18-10-11-19(28-18)22-24-16-6-4-5-7-20(16)29-22/h4-13H,1-3H3,(H,23,25)/t13-/m0/s1. The zero-order valence-corrected chi connectivity index (χ0v) is 17.1. The molecule has 29 heavy (non-hydrogen) atoms. The molecule has 4 rings (SSSR count). The fraction of sp³-hybridized carbons (Fsp3) is 0.182. The molecule has 0 spiro atoms. The first-order chi connectivity index (χ1) is 14.1. The number of nitrogens with zero attached hydrogens (tertiary/aromatic N) is 1. The van der Waals surface area contributed by atoms with E-state index in [1.54, 1.807) is 26.4 Å². The molecule has 148 valence electrons. The third-order valence-corrected chi connectivity index (χ3v) is 5.64. The number of methoxy groups -OCH3 is 2. The highest BCUT2D eigenvalue weighted by Gasteiger charge is 2.19. The van der Waals surface area contributed by atoms with Crippen LogP contribution >= 0.6 is 11.3 Å². The van der Waals surface area contributed by atoms with Gasteiger partial charge in [0.1, 0.15) is 11.5 Å². The summed E-state index contributed by atoms with van der Waals surface area (Å²) in [7, 11) is 3.19. The maximum atomic E-state index is 12.7. The van der Waals surface area contributed by atoms with E-state index in [-0.39, 0.29) is 17.7 Å². The zero-order valence-electron chi connectivity index (χ0n) is 16.3. The van der Waals surface area contributed by atoms with Crippen LogP contribution in [0.4, 0.5) is 0 Å². The van der Waals surface area contributed by atoms with Crippen LogP contribution in [0.3, 0.4) is 0 Å². The molecule has 0 saturated heterocycles. The lowest BCUT2D eigenvalue weighted by atomic mass is 10.1. The number of carbonyl (C=O) groups excluding carboxylic acids is 1. The van der Waals surface area contributed by atoms with Crippen molar-refractivity contribution in [2.45, 2.75) is 13.0 Å². The fourth-order valence-electron chi connectivity index (χ4n) is 3.08. The average molecular weight is 408 g/mol. The molecule has 1 N–H and O–H groups in total. The second-order valence-electron chi connectivity index (χ2n) is 6.45. The lowest BCUT2D eigenvalue weighted by molar-refractivity contribution is 0.0912. The van der Waals surface area contributed by atoms with Gasteiger partial charge in [-0.05, 0) is 49.4 Å². The summed E-state index contributed by atoms with van der Waals surface area (Å²) in [5.74, 6) is 1.86. The topological polar surface area (TPSA) is 73.6 Å². The van der Waals surface area contributed by atoms with E-state index in [9.17, 15) is 4.79 Å². The van der Waals surface area contributed by atoms with Crippen molar-refractivity contribution in [3.63, 3.8) is 0 Å². The fourth-order valence-corrected chi connectivity index (χ4v) is 4.00. The van der Waals surface area contributed by atoms with Crippen molar-refractivity contribution >= 4 is 27.5 Å². The van der Waals surface area contributed by atoms with Crippen LogP contribution in [0.2, 0.25) is 0 Å². The van der Waals surface area contributed by atoms with Crippen LogP contribution in [-0.4, -0.2) is 25.1 Å². The highest BCUT2D eigenvalue weighted by Crippen LogP contribution is 2.32. The molecule has 0 radical (unpaired) electrons. The summed E-state index contributed by atoms with van der Waals surface area (Å²) in [6.07, 6.45) is 0. The van der Waals surface area contributed by atoms with Crippen LogP contribution < -0.4 is 14.8 Å². The van der Waals surface area contributed by atoms with Gasteiger partial charge in [-0.2, -0.15) is 0 Å². The number of nitrogens with one attached hydrogen (secondary N) is 1. The summed E-state index contributed by atoms with van der Waals surface area (Å²) in [4.78, 5) is 17.3. The minimum absolute atomic E-state index is 0.230. The number of carbonyl (C=O) groups is 1. The number of ether oxygens (including phenoxy) is 2. The Labute approximate surface area is 172 Å². The minimum atomic E-state index is -0.310. The number of hydrogen-bond acceptors (Lipinski definition) is 6. The Hall–Kier alpha value is -3.32. The van der Waals surface area contributed by atoms with E-state index in [0.717, 1.165) is 20.8 Å². The molecule has 6 nitrogen and oxygen atoms in total. The van der Waals surface area contributed by atoms with Gasteiger partial charge in [-0.1, -0.05) is 12.1 Å². The highest BCUT2D eigenvalue weighted by molar-refractivity contribution is 7.21. The third kappa shape index (κ3) is 3.82. The van der Waals surface area contributed by atoms with Crippen molar-refractivity contribution in [3.05, 3.63) is 65.9 Å². The van der Waals surface area contributed by atoms with Crippen molar-refractivity contribution in [1.29, 1.82) is 0 Å². The van der Waals surface area contributed by atoms with E-state index in [4.69, 9.17) is 13.9 Å². The van der Waals surface area contributed by atoms with Crippen LogP contribution in [0.1, 0.15) is 29.1 Å². The van der Waals surface area contributed by atoms with E-state index in [0.29, 0.717) is 17.3 Å². The van der Waals surface area contributed by atoms with Crippen LogP contribution in [-0.2, 0) is 0 Å². The second kappa shape index (κ2) is 7.97. The summed E-state index contributed by atoms with van der Waals surface area (Å²) in [6, 6.07) is 16.5.